The third-order valence-electron chi connectivity index (χ3n) is 2.29. The van der Waals surface area contributed by atoms with E-state index in [-0.39, 0.29) is 12.2 Å². The van der Waals surface area contributed by atoms with Crippen molar-refractivity contribution in [2.75, 3.05) is 0 Å². The first-order valence-electron chi connectivity index (χ1n) is 5.23. The van der Waals surface area contributed by atoms with Crippen molar-refractivity contribution in [2.24, 2.45) is 0 Å². The van der Waals surface area contributed by atoms with Gasteiger partial charge in [-0.2, -0.15) is 0 Å². The predicted octanol–water partition coefficient (Wildman–Crippen LogP) is 2.11. The minimum atomic E-state index is -0.505. The molecular formula is C13H12N2O2. The van der Waals surface area contributed by atoms with Crippen molar-refractivity contribution in [3.8, 4) is 0 Å². The van der Waals surface area contributed by atoms with E-state index in [9.17, 15) is 10.0 Å². The first kappa shape index (κ1) is 11.3. The van der Waals surface area contributed by atoms with Crippen molar-refractivity contribution in [1.29, 1.82) is 0 Å². The molecule has 86 valence electrons. The van der Waals surface area contributed by atoms with E-state index >= 15 is 0 Å². The van der Waals surface area contributed by atoms with Crippen LogP contribution in [0.2, 0.25) is 0 Å². The Morgan fingerprint density at radius 2 is 1.82 bits per heavy atom. The Hall–Kier alpha value is -2.20. The molecule has 4 heteroatoms. The summed E-state index contributed by atoms with van der Waals surface area (Å²) in [5, 5.41) is 10.3. The zero-order valence-electron chi connectivity index (χ0n) is 9.15. The molecule has 1 heterocycles. The zero-order valence-corrected chi connectivity index (χ0v) is 9.15. The monoisotopic (exact) mass is 228 g/mol. The number of hydrogen-bond donors (Lipinski definition) is 1. The average molecular weight is 228 g/mol. The molecule has 1 amide bonds. The molecule has 0 fully saturated rings. The van der Waals surface area contributed by atoms with E-state index in [4.69, 9.17) is 0 Å². The van der Waals surface area contributed by atoms with E-state index in [0.717, 1.165) is 5.56 Å². The molecule has 0 saturated heterocycles. The SMILES string of the molecule is O=C(c1ccccn1)N(O)Cc1ccccc1. The zero-order chi connectivity index (χ0) is 12.1. The maximum atomic E-state index is 11.8. The van der Waals surface area contributed by atoms with Crippen LogP contribution in [0.3, 0.4) is 0 Å². The number of pyridine rings is 1. The van der Waals surface area contributed by atoms with Crippen LogP contribution >= 0.6 is 0 Å². The number of carbonyl (C=O) groups is 1. The van der Waals surface area contributed by atoms with Crippen LogP contribution in [-0.4, -0.2) is 21.2 Å². The predicted molar refractivity (Wildman–Crippen MR) is 62.3 cm³/mol. The second-order valence-electron chi connectivity index (χ2n) is 3.56. The summed E-state index contributed by atoms with van der Waals surface area (Å²) in [6, 6.07) is 14.3. The molecule has 0 radical (unpaired) electrons. The molecule has 2 rings (SSSR count). The first-order valence-corrected chi connectivity index (χ1v) is 5.23. The number of nitrogens with zero attached hydrogens (tertiary/aromatic N) is 2. The number of benzene rings is 1. The van der Waals surface area contributed by atoms with Gasteiger partial charge in [-0.15, -0.1) is 0 Å². The molecule has 0 aliphatic heterocycles. The molecular weight excluding hydrogens is 216 g/mol. The van der Waals surface area contributed by atoms with Crippen LogP contribution < -0.4 is 0 Å². The number of hydroxylamine groups is 2. The Labute approximate surface area is 99.1 Å². The van der Waals surface area contributed by atoms with Gasteiger partial charge in [-0.05, 0) is 17.7 Å². The van der Waals surface area contributed by atoms with E-state index in [2.05, 4.69) is 4.98 Å². The van der Waals surface area contributed by atoms with Gasteiger partial charge >= 0.3 is 0 Å². The summed E-state index contributed by atoms with van der Waals surface area (Å²) in [5.74, 6) is -0.505. The molecule has 1 N–H and O–H groups in total. The largest absolute Gasteiger partial charge is 0.296 e. The lowest BCUT2D eigenvalue weighted by molar-refractivity contribution is -0.0652. The van der Waals surface area contributed by atoms with Gasteiger partial charge in [0.15, 0.2) is 0 Å². The van der Waals surface area contributed by atoms with E-state index in [1.807, 2.05) is 30.3 Å². The highest BCUT2D eigenvalue weighted by Crippen LogP contribution is 2.05. The Morgan fingerprint density at radius 1 is 1.12 bits per heavy atom. The summed E-state index contributed by atoms with van der Waals surface area (Å²) in [6.07, 6.45) is 1.52. The van der Waals surface area contributed by atoms with Crippen molar-refractivity contribution >= 4 is 5.91 Å². The number of hydrogen-bond acceptors (Lipinski definition) is 3. The maximum Gasteiger partial charge on any atom is 0.296 e. The number of rotatable bonds is 3. The van der Waals surface area contributed by atoms with Gasteiger partial charge in [0.2, 0.25) is 0 Å². The van der Waals surface area contributed by atoms with E-state index in [0.29, 0.717) is 5.06 Å². The summed E-state index contributed by atoms with van der Waals surface area (Å²) >= 11 is 0. The Morgan fingerprint density at radius 3 is 2.47 bits per heavy atom. The summed E-state index contributed by atoms with van der Waals surface area (Å²) < 4.78 is 0. The van der Waals surface area contributed by atoms with E-state index < -0.39 is 5.91 Å². The highest BCUT2D eigenvalue weighted by Gasteiger charge is 2.14. The van der Waals surface area contributed by atoms with Crippen LogP contribution in [0.15, 0.2) is 54.7 Å². The van der Waals surface area contributed by atoms with Crippen LogP contribution in [-0.2, 0) is 6.54 Å². The highest BCUT2D eigenvalue weighted by molar-refractivity contribution is 5.91. The maximum absolute atomic E-state index is 11.8. The molecule has 0 bridgehead atoms. The quantitative estimate of drug-likeness (QED) is 0.646. The fraction of sp³-hybridized carbons (Fsp3) is 0.0769. The lowest BCUT2D eigenvalue weighted by Crippen LogP contribution is -2.27. The lowest BCUT2D eigenvalue weighted by Gasteiger charge is -2.14. The van der Waals surface area contributed by atoms with E-state index in [1.54, 1.807) is 18.2 Å². The highest BCUT2D eigenvalue weighted by atomic mass is 16.5. The smallest absolute Gasteiger partial charge is 0.285 e. The van der Waals surface area contributed by atoms with Crippen LogP contribution in [0, 0.1) is 0 Å². The topological polar surface area (TPSA) is 53.4 Å². The fourth-order valence-corrected chi connectivity index (χ4v) is 1.45. The van der Waals surface area contributed by atoms with E-state index in [1.165, 1.54) is 6.20 Å². The number of aromatic nitrogens is 1. The number of amides is 1. The summed E-state index contributed by atoms with van der Waals surface area (Å²) in [7, 11) is 0. The Balaban J connectivity index is 2.06. The normalized spacial score (nSPS) is 9.94. The van der Waals surface area contributed by atoms with Gasteiger partial charge in [0, 0.05) is 6.20 Å². The van der Waals surface area contributed by atoms with Crippen molar-refractivity contribution in [1.82, 2.24) is 10.0 Å². The van der Waals surface area contributed by atoms with Crippen LogP contribution in [0.25, 0.3) is 0 Å². The first-order chi connectivity index (χ1) is 8.27. The van der Waals surface area contributed by atoms with Crippen molar-refractivity contribution in [2.45, 2.75) is 6.54 Å². The van der Waals surface area contributed by atoms with Gasteiger partial charge in [0.05, 0.1) is 6.54 Å². The summed E-state index contributed by atoms with van der Waals surface area (Å²) in [5.41, 5.74) is 1.09. The number of carbonyl (C=O) groups excluding carboxylic acids is 1. The van der Waals surface area contributed by atoms with Gasteiger partial charge in [-0.1, -0.05) is 36.4 Å². The molecule has 2 aromatic rings. The minimum Gasteiger partial charge on any atom is -0.285 e. The van der Waals surface area contributed by atoms with Crippen LogP contribution in [0.5, 0.6) is 0 Å². The lowest BCUT2D eigenvalue weighted by atomic mass is 10.2. The third-order valence-corrected chi connectivity index (χ3v) is 2.29. The Kier molecular flexibility index (Phi) is 3.47. The molecule has 0 aliphatic rings. The standard InChI is InChI=1S/C13H12N2O2/c16-13(12-8-4-5-9-14-12)15(17)10-11-6-2-1-3-7-11/h1-9,17H,10H2. The molecule has 1 aromatic carbocycles. The second-order valence-corrected chi connectivity index (χ2v) is 3.56. The second kappa shape index (κ2) is 5.23. The fourth-order valence-electron chi connectivity index (χ4n) is 1.45. The molecule has 17 heavy (non-hydrogen) atoms. The van der Waals surface area contributed by atoms with Crippen molar-refractivity contribution in [3.05, 3.63) is 66.0 Å². The van der Waals surface area contributed by atoms with Gasteiger partial charge in [-0.25, -0.2) is 5.06 Å². The summed E-state index contributed by atoms with van der Waals surface area (Å²) in [4.78, 5) is 15.7. The van der Waals surface area contributed by atoms with Gasteiger partial charge in [0.1, 0.15) is 5.69 Å². The van der Waals surface area contributed by atoms with Crippen molar-refractivity contribution < 1.29 is 10.0 Å². The summed E-state index contributed by atoms with van der Waals surface area (Å²) in [6.45, 7) is 0.149. The molecule has 0 spiro atoms. The average Bonchev–Trinajstić information content (AvgIpc) is 2.40. The molecule has 0 aliphatic carbocycles. The van der Waals surface area contributed by atoms with Crippen molar-refractivity contribution in [3.63, 3.8) is 0 Å². The molecule has 4 nitrogen and oxygen atoms in total. The van der Waals surface area contributed by atoms with Crippen LogP contribution in [0.4, 0.5) is 0 Å². The molecule has 1 aromatic heterocycles. The van der Waals surface area contributed by atoms with Gasteiger partial charge in [-0.3, -0.25) is 15.0 Å². The van der Waals surface area contributed by atoms with Gasteiger partial charge < -0.3 is 0 Å². The van der Waals surface area contributed by atoms with Gasteiger partial charge in [0.25, 0.3) is 5.91 Å². The Bertz CT molecular complexity index is 485. The molecule has 0 atom stereocenters. The molecule has 0 unspecified atom stereocenters. The van der Waals surface area contributed by atoms with Crippen LogP contribution in [0.1, 0.15) is 16.1 Å². The molecule has 0 saturated carbocycles. The minimum absolute atomic E-state index is 0.149. The third kappa shape index (κ3) is 2.89.